The van der Waals surface area contributed by atoms with Crippen LogP contribution in [0.5, 0.6) is 0 Å². The first kappa shape index (κ1) is 17.1. The average Bonchev–Trinajstić information content (AvgIpc) is 2.93. The molecule has 1 aromatic rings. The summed E-state index contributed by atoms with van der Waals surface area (Å²) in [5.41, 5.74) is 1.26. The summed E-state index contributed by atoms with van der Waals surface area (Å²) in [6.45, 7) is 3.53. The highest BCUT2D eigenvalue weighted by molar-refractivity contribution is 6.30. The molecular weight excluding hydrogens is 298 g/mol. The van der Waals surface area contributed by atoms with E-state index in [0.717, 1.165) is 50.5 Å². The van der Waals surface area contributed by atoms with E-state index in [1.54, 1.807) is 0 Å². The molecule has 2 rings (SSSR count). The molecule has 1 aliphatic rings. The molecule has 1 fully saturated rings. The zero-order chi connectivity index (χ0) is 15.9. The van der Waals surface area contributed by atoms with Crippen LogP contribution in [0, 0.1) is 5.92 Å². The number of amides is 2. The van der Waals surface area contributed by atoms with Crippen molar-refractivity contribution in [2.75, 3.05) is 40.3 Å². The van der Waals surface area contributed by atoms with Crippen LogP contribution in [-0.2, 0) is 6.42 Å². The van der Waals surface area contributed by atoms with Gasteiger partial charge < -0.3 is 15.1 Å². The summed E-state index contributed by atoms with van der Waals surface area (Å²) in [6.07, 6.45) is 3.01. The van der Waals surface area contributed by atoms with Crippen molar-refractivity contribution in [1.82, 2.24) is 15.1 Å². The molecule has 1 aromatic carbocycles. The molecule has 2 amide bonds. The van der Waals surface area contributed by atoms with Crippen LogP contribution in [-0.4, -0.2) is 56.1 Å². The van der Waals surface area contributed by atoms with Crippen molar-refractivity contribution in [3.8, 4) is 0 Å². The van der Waals surface area contributed by atoms with Crippen LogP contribution in [0.25, 0.3) is 0 Å². The number of hydrogen-bond donors (Lipinski definition) is 1. The lowest BCUT2D eigenvalue weighted by atomic mass is 10.1. The zero-order valence-electron chi connectivity index (χ0n) is 13.5. The van der Waals surface area contributed by atoms with Crippen molar-refractivity contribution < 1.29 is 4.79 Å². The summed E-state index contributed by atoms with van der Waals surface area (Å²) in [4.78, 5) is 16.2. The van der Waals surface area contributed by atoms with Crippen molar-refractivity contribution in [2.45, 2.75) is 19.3 Å². The zero-order valence-corrected chi connectivity index (χ0v) is 14.3. The number of carbonyl (C=O) groups excluding carboxylic acids is 1. The molecule has 4 nitrogen and oxygen atoms in total. The number of hydrogen-bond acceptors (Lipinski definition) is 2. The second kappa shape index (κ2) is 8.39. The molecule has 1 aliphatic heterocycles. The van der Waals surface area contributed by atoms with Crippen molar-refractivity contribution >= 4 is 17.6 Å². The van der Waals surface area contributed by atoms with Gasteiger partial charge >= 0.3 is 6.03 Å². The lowest BCUT2D eigenvalue weighted by Gasteiger charge is -2.19. The molecule has 0 aromatic heterocycles. The normalized spacial score (nSPS) is 18.0. The van der Waals surface area contributed by atoms with E-state index in [1.807, 2.05) is 29.2 Å². The predicted octanol–water partition coefficient (Wildman–Crippen LogP) is 2.87. The lowest BCUT2D eigenvalue weighted by Crippen LogP contribution is -2.39. The van der Waals surface area contributed by atoms with Gasteiger partial charge in [-0.1, -0.05) is 23.7 Å². The molecule has 1 saturated heterocycles. The maximum atomic E-state index is 12.1. The molecule has 1 heterocycles. The number of nitrogens with one attached hydrogen (secondary N) is 1. The first-order valence-electron chi connectivity index (χ1n) is 7.96. The van der Waals surface area contributed by atoms with Crippen LogP contribution < -0.4 is 5.32 Å². The number of nitrogens with zero attached hydrogens (tertiary/aromatic N) is 2. The van der Waals surface area contributed by atoms with E-state index in [4.69, 9.17) is 11.6 Å². The minimum absolute atomic E-state index is 0.0809. The Kier molecular flexibility index (Phi) is 6.52. The minimum atomic E-state index is 0.0809. The third-order valence-corrected chi connectivity index (χ3v) is 4.28. The van der Waals surface area contributed by atoms with Crippen molar-refractivity contribution in [3.63, 3.8) is 0 Å². The molecule has 22 heavy (non-hydrogen) atoms. The molecule has 1 unspecified atom stereocenters. The molecule has 0 spiro atoms. The van der Waals surface area contributed by atoms with E-state index in [-0.39, 0.29) is 6.03 Å². The highest BCUT2D eigenvalue weighted by Gasteiger charge is 2.26. The van der Waals surface area contributed by atoms with Gasteiger partial charge in [-0.05, 0) is 57.0 Å². The monoisotopic (exact) mass is 323 g/mol. The van der Waals surface area contributed by atoms with Gasteiger partial charge in [-0.25, -0.2) is 4.79 Å². The summed E-state index contributed by atoms with van der Waals surface area (Å²) in [6, 6.07) is 7.97. The Balaban J connectivity index is 1.63. The summed E-state index contributed by atoms with van der Waals surface area (Å²) < 4.78 is 0. The van der Waals surface area contributed by atoms with Gasteiger partial charge in [0.25, 0.3) is 0 Å². The average molecular weight is 324 g/mol. The maximum Gasteiger partial charge on any atom is 0.317 e. The van der Waals surface area contributed by atoms with Crippen LogP contribution in [0.4, 0.5) is 4.79 Å². The number of halogens is 1. The molecule has 0 aliphatic carbocycles. The van der Waals surface area contributed by atoms with E-state index in [2.05, 4.69) is 24.3 Å². The summed E-state index contributed by atoms with van der Waals surface area (Å²) in [5.74, 6) is 0.606. The Hall–Kier alpha value is -1.26. The fourth-order valence-electron chi connectivity index (χ4n) is 2.93. The number of rotatable bonds is 6. The summed E-state index contributed by atoms with van der Waals surface area (Å²) >= 11 is 5.86. The van der Waals surface area contributed by atoms with Gasteiger partial charge in [-0.3, -0.25) is 0 Å². The van der Waals surface area contributed by atoms with Crippen LogP contribution in [0.15, 0.2) is 24.3 Å². The van der Waals surface area contributed by atoms with E-state index in [1.165, 1.54) is 5.56 Å². The molecule has 0 saturated carbocycles. The molecule has 122 valence electrons. The van der Waals surface area contributed by atoms with Gasteiger partial charge in [0.05, 0.1) is 0 Å². The Bertz CT molecular complexity index is 475. The summed E-state index contributed by atoms with van der Waals surface area (Å²) in [5, 5.41) is 3.79. The quantitative estimate of drug-likeness (QED) is 0.817. The highest BCUT2D eigenvalue weighted by Crippen LogP contribution is 2.16. The number of urea groups is 1. The third-order valence-electron chi connectivity index (χ3n) is 4.03. The lowest BCUT2D eigenvalue weighted by molar-refractivity contribution is 0.205. The van der Waals surface area contributed by atoms with Gasteiger partial charge in [0.2, 0.25) is 0 Å². The smallest absolute Gasteiger partial charge is 0.317 e. The van der Waals surface area contributed by atoms with Gasteiger partial charge in [0.1, 0.15) is 0 Å². The Morgan fingerprint density at radius 1 is 1.36 bits per heavy atom. The second-order valence-electron chi connectivity index (χ2n) is 6.32. The fourth-order valence-corrected chi connectivity index (χ4v) is 3.06. The van der Waals surface area contributed by atoms with Gasteiger partial charge in [0, 0.05) is 31.2 Å². The van der Waals surface area contributed by atoms with Crippen LogP contribution >= 0.6 is 11.6 Å². The summed E-state index contributed by atoms with van der Waals surface area (Å²) in [7, 11) is 4.17. The van der Waals surface area contributed by atoms with E-state index in [9.17, 15) is 4.79 Å². The number of likely N-dealkylation sites (tertiary alicyclic amines) is 1. The number of carbonyl (C=O) groups is 1. The van der Waals surface area contributed by atoms with Gasteiger partial charge in [-0.15, -0.1) is 0 Å². The van der Waals surface area contributed by atoms with Crippen molar-refractivity contribution in [1.29, 1.82) is 0 Å². The third kappa shape index (κ3) is 5.50. The highest BCUT2D eigenvalue weighted by atomic mass is 35.5. The van der Waals surface area contributed by atoms with Gasteiger partial charge in [-0.2, -0.15) is 0 Å². The Morgan fingerprint density at radius 2 is 2.09 bits per heavy atom. The second-order valence-corrected chi connectivity index (χ2v) is 6.76. The molecule has 1 N–H and O–H groups in total. The van der Waals surface area contributed by atoms with Crippen LogP contribution in [0.2, 0.25) is 5.02 Å². The minimum Gasteiger partial charge on any atom is -0.338 e. The molecule has 5 heteroatoms. The first-order valence-corrected chi connectivity index (χ1v) is 8.34. The fraction of sp³-hybridized carbons (Fsp3) is 0.588. The molecule has 0 bridgehead atoms. The van der Waals surface area contributed by atoms with Crippen molar-refractivity contribution in [3.05, 3.63) is 34.9 Å². The van der Waals surface area contributed by atoms with E-state index >= 15 is 0 Å². The van der Waals surface area contributed by atoms with Gasteiger partial charge in [0.15, 0.2) is 0 Å². The number of benzene rings is 1. The standard InChI is InChI=1S/C17H26ClN3O/c1-20(2)12-15-9-11-21(13-15)17(22)19-10-3-4-14-5-7-16(18)8-6-14/h5-8,15H,3-4,9-13H2,1-2H3,(H,19,22). The topological polar surface area (TPSA) is 35.6 Å². The van der Waals surface area contributed by atoms with E-state index < -0.39 is 0 Å². The Labute approximate surface area is 138 Å². The predicted molar refractivity (Wildman–Crippen MR) is 91.4 cm³/mol. The number of aryl methyl sites for hydroxylation is 1. The van der Waals surface area contributed by atoms with Crippen LogP contribution in [0.1, 0.15) is 18.4 Å². The largest absolute Gasteiger partial charge is 0.338 e. The maximum absolute atomic E-state index is 12.1. The molecule has 0 radical (unpaired) electrons. The van der Waals surface area contributed by atoms with Crippen LogP contribution in [0.3, 0.4) is 0 Å². The SMILES string of the molecule is CN(C)CC1CCN(C(=O)NCCCc2ccc(Cl)cc2)C1. The molecular formula is C17H26ClN3O. The van der Waals surface area contributed by atoms with Crippen molar-refractivity contribution in [2.24, 2.45) is 5.92 Å². The Morgan fingerprint density at radius 3 is 2.77 bits per heavy atom. The van der Waals surface area contributed by atoms with E-state index in [0.29, 0.717) is 5.92 Å². The molecule has 1 atom stereocenters. The first-order chi connectivity index (χ1) is 10.5.